The van der Waals surface area contributed by atoms with Gasteiger partial charge in [0.1, 0.15) is 5.51 Å². The van der Waals surface area contributed by atoms with Gasteiger partial charge in [0.15, 0.2) is 0 Å². The van der Waals surface area contributed by atoms with Crippen molar-refractivity contribution in [1.29, 1.82) is 0 Å². The van der Waals surface area contributed by atoms with Gasteiger partial charge in [-0.2, -0.15) is 0 Å². The molecule has 0 bridgehead atoms. The molecule has 2 amide bonds. The quantitative estimate of drug-likeness (QED) is 0.855. The Morgan fingerprint density at radius 2 is 2.41 bits per heavy atom. The van der Waals surface area contributed by atoms with Crippen LogP contribution < -0.4 is 10.6 Å². The standard InChI is InChI=1S/C10H11N5OS/c16-9(14-10-15-13-7-17-10)12-5-3-8-2-1-4-11-6-8/h1-2,4,6-7H,3,5H2,(H2,12,14,15,16). The van der Waals surface area contributed by atoms with Crippen molar-refractivity contribution in [2.45, 2.75) is 6.42 Å². The first kappa shape index (κ1) is 11.5. The Kier molecular flexibility index (Phi) is 3.98. The van der Waals surface area contributed by atoms with Crippen LogP contribution in [-0.4, -0.2) is 27.8 Å². The number of hydrogen-bond donors (Lipinski definition) is 2. The first-order valence-electron chi connectivity index (χ1n) is 5.04. The number of carbonyl (C=O) groups excluding carboxylic acids is 1. The SMILES string of the molecule is O=C(NCCc1cccnc1)Nc1nncs1. The van der Waals surface area contributed by atoms with Crippen molar-refractivity contribution >= 4 is 22.5 Å². The topological polar surface area (TPSA) is 79.8 Å². The van der Waals surface area contributed by atoms with Gasteiger partial charge < -0.3 is 5.32 Å². The molecule has 0 aliphatic carbocycles. The molecule has 2 N–H and O–H groups in total. The predicted molar refractivity (Wildman–Crippen MR) is 64.9 cm³/mol. The number of aromatic nitrogens is 3. The highest BCUT2D eigenvalue weighted by Gasteiger charge is 2.03. The minimum absolute atomic E-state index is 0.273. The molecule has 0 spiro atoms. The number of amides is 2. The molecule has 6 nitrogen and oxygen atoms in total. The van der Waals surface area contributed by atoms with E-state index in [1.54, 1.807) is 17.9 Å². The highest BCUT2D eigenvalue weighted by atomic mass is 32.1. The van der Waals surface area contributed by atoms with Gasteiger partial charge in [0.25, 0.3) is 0 Å². The van der Waals surface area contributed by atoms with Crippen molar-refractivity contribution in [2.75, 3.05) is 11.9 Å². The van der Waals surface area contributed by atoms with Crippen LogP contribution in [0.5, 0.6) is 0 Å². The molecule has 2 aromatic heterocycles. The van der Waals surface area contributed by atoms with Crippen LogP contribution in [0.2, 0.25) is 0 Å². The fraction of sp³-hybridized carbons (Fsp3) is 0.200. The number of urea groups is 1. The van der Waals surface area contributed by atoms with Crippen molar-refractivity contribution in [1.82, 2.24) is 20.5 Å². The third kappa shape index (κ3) is 3.80. The van der Waals surface area contributed by atoms with Gasteiger partial charge in [0, 0.05) is 18.9 Å². The van der Waals surface area contributed by atoms with E-state index < -0.39 is 0 Å². The second-order valence-electron chi connectivity index (χ2n) is 3.24. The summed E-state index contributed by atoms with van der Waals surface area (Å²) in [6, 6.07) is 3.57. The molecule has 7 heteroatoms. The summed E-state index contributed by atoms with van der Waals surface area (Å²) in [6.45, 7) is 0.552. The lowest BCUT2D eigenvalue weighted by atomic mass is 10.2. The maximum Gasteiger partial charge on any atom is 0.321 e. The fourth-order valence-corrected chi connectivity index (χ4v) is 1.68. The van der Waals surface area contributed by atoms with Gasteiger partial charge in [0.2, 0.25) is 5.13 Å². The van der Waals surface area contributed by atoms with E-state index >= 15 is 0 Å². The number of nitrogens with zero attached hydrogens (tertiary/aromatic N) is 3. The average molecular weight is 249 g/mol. The van der Waals surface area contributed by atoms with Crippen molar-refractivity contribution < 1.29 is 4.79 Å². The van der Waals surface area contributed by atoms with Crippen molar-refractivity contribution in [2.24, 2.45) is 0 Å². The third-order valence-electron chi connectivity index (χ3n) is 2.00. The van der Waals surface area contributed by atoms with E-state index in [1.165, 1.54) is 11.3 Å². The second kappa shape index (κ2) is 5.90. The highest BCUT2D eigenvalue weighted by Crippen LogP contribution is 2.06. The number of rotatable bonds is 4. The van der Waals surface area contributed by atoms with Gasteiger partial charge in [-0.25, -0.2) is 4.79 Å². The summed E-state index contributed by atoms with van der Waals surface area (Å²) in [5.74, 6) is 0. The number of nitrogens with one attached hydrogen (secondary N) is 2. The highest BCUT2D eigenvalue weighted by molar-refractivity contribution is 7.13. The summed E-state index contributed by atoms with van der Waals surface area (Å²) in [6.07, 6.45) is 4.25. The summed E-state index contributed by atoms with van der Waals surface area (Å²) < 4.78 is 0. The van der Waals surface area contributed by atoms with E-state index in [9.17, 15) is 4.79 Å². The van der Waals surface area contributed by atoms with E-state index in [0.29, 0.717) is 11.7 Å². The molecule has 0 saturated carbocycles. The second-order valence-corrected chi connectivity index (χ2v) is 4.07. The smallest absolute Gasteiger partial charge is 0.321 e. The average Bonchev–Trinajstić information content (AvgIpc) is 2.83. The van der Waals surface area contributed by atoms with Crippen LogP contribution in [0.4, 0.5) is 9.93 Å². The van der Waals surface area contributed by atoms with Crippen molar-refractivity contribution in [3.63, 3.8) is 0 Å². The lowest BCUT2D eigenvalue weighted by molar-refractivity contribution is 0.252. The molecule has 0 aliphatic heterocycles. The van der Waals surface area contributed by atoms with Crippen molar-refractivity contribution in [3.8, 4) is 0 Å². The van der Waals surface area contributed by atoms with Gasteiger partial charge in [-0.3, -0.25) is 10.3 Å². The minimum Gasteiger partial charge on any atom is -0.337 e. The minimum atomic E-state index is -0.273. The molecule has 88 valence electrons. The molecule has 0 atom stereocenters. The molecule has 0 saturated heterocycles. The lowest BCUT2D eigenvalue weighted by Gasteiger charge is -2.04. The van der Waals surface area contributed by atoms with Crippen molar-refractivity contribution in [3.05, 3.63) is 35.6 Å². The van der Waals surface area contributed by atoms with Gasteiger partial charge in [-0.1, -0.05) is 17.4 Å². The molecule has 0 radical (unpaired) electrons. The Balaban J connectivity index is 1.70. The van der Waals surface area contributed by atoms with Gasteiger partial charge >= 0.3 is 6.03 Å². The summed E-state index contributed by atoms with van der Waals surface area (Å²) in [5, 5.41) is 13.1. The fourth-order valence-electron chi connectivity index (χ4n) is 1.24. The summed E-state index contributed by atoms with van der Waals surface area (Å²) in [5.41, 5.74) is 2.65. The summed E-state index contributed by atoms with van der Waals surface area (Å²) >= 11 is 1.28. The van der Waals surface area contributed by atoms with Gasteiger partial charge in [-0.05, 0) is 18.1 Å². The molecule has 0 aliphatic rings. The third-order valence-corrected chi connectivity index (χ3v) is 2.61. The van der Waals surface area contributed by atoms with E-state index in [1.807, 2.05) is 12.1 Å². The van der Waals surface area contributed by atoms with Crippen LogP contribution in [0.3, 0.4) is 0 Å². The van der Waals surface area contributed by atoms with Gasteiger partial charge in [0.05, 0.1) is 0 Å². The van der Waals surface area contributed by atoms with E-state index in [-0.39, 0.29) is 6.03 Å². The van der Waals surface area contributed by atoms with E-state index in [4.69, 9.17) is 0 Å². The molecule has 0 fully saturated rings. The van der Waals surface area contributed by atoms with Crippen LogP contribution in [-0.2, 0) is 6.42 Å². The van der Waals surface area contributed by atoms with Crippen LogP contribution in [0, 0.1) is 0 Å². The zero-order valence-electron chi connectivity index (χ0n) is 8.96. The first-order chi connectivity index (χ1) is 8.34. The zero-order valence-corrected chi connectivity index (χ0v) is 9.78. The van der Waals surface area contributed by atoms with E-state index in [0.717, 1.165) is 12.0 Å². The first-order valence-corrected chi connectivity index (χ1v) is 5.92. The Labute approximate surface area is 102 Å². The maximum atomic E-state index is 11.4. The molecule has 2 aromatic rings. The zero-order chi connectivity index (χ0) is 11.9. The van der Waals surface area contributed by atoms with Gasteiger partial charge in [-0.15, -0.1) is 10.2 Å². The Bertz CT molecular complexity index is 459. The Hall–Kier alpha value is -2.02. The van der Waals surface area contributed by atoms with Crippen LogP contribution in [0.1, 0.15) is 5.56 Å². The predicted octanol–water partition coefficient (Wildman–Crippen LogP) is 1.30. The number of carbonyl (C=O) groups is 1. The molecular weight excluding hydrogens is 238 g/mol. The summed E-state index contributed by atoms with van der Waals surface area (Å²) in [7, 11) is 0. The van der Waals surface area contributed by atoms with Crippen LogP contribution in [0.25, 0.3) is 0 Å². The molecule has 2 heterocycles. The number of hydrogen-bond acceptors (Lipinski definition) is 5. The molecule has 0 aromatic carbocycles. The monoisotopic (exact) mass is 249 g/mol. The Morgan fingerprint density at radius 3 is 3.12 bits per heavy atom. The molecule has 17 heavy (non-hydrogen) atoms. The summed E-state index contributed by atoms with van der Waals surface area (Å²) in [4.78, 5) is 15.4. The normalized spacial score (nSPS) is 9.88. The number of pyridine rings is 1. The largest absolute Gasteiger partial charge is 0.337 e. The maximum absolute atomic E-state index is 11.4. The molecule has 0 unspecified atom stereocenters. The molecule has 2 rings (SSSR count). The van der Waals surface area contributed by atoms with Crippen LogP contribution >= 0.6 is 11.3 Å². The van der Waals surface area contributed by atoms with Crippen LogP contribution in [0.15, 0.2) is 30.0 Å². The molecular formula is C10H11N5OS. The Morgan fingerprint density at radius 1 is 1.47 bits per heavy atom. The number of anilines is 1. The lowest BCUT2D eigenvalue weighted by Crippen LogP contribution is -2.30. The van der Waals surface area contributed by atoms with E-state index in [2.05, 4.69) is 25.8 Å².